The highest BCUT2D eigenvalue weighted by Crippen LogP contribution is 2.30. The molecule has 0 aliphatic heterocycles. The van der Waals surface area contributed by atoms with Crippen molar-refractivity contribution in [2.24, 2.45) is 0 Å². The van der Waals surface area contributed by atoms with E-state index in [4.69, 9.17) is 5.11 Å². The number of carbonyl (C=O) groups is 1. The SMILES string of the molecule is O=C(O)c1cc2ccc(C3CC=CCC3)cc2[nH]c1=O. The van der Waals surface area contributed by atoms with Gasteiger partial charge in [-0.15, -0.1) is 0 Å². The van der Waals surface area contributed by atoms with Crippen LogP contribution in [-0.2, 0) is 0 Å². The van der Waals surface area contributed by atoms with Crippen LogP contribution >= 0.6 is 0 Å². The Bertz CT molecular complexity index is 758. The van der Waals surface area contributed by atoms with E-state index >= 15 is 0 Å². The lowest BCUT2D eigenvalue weighted by Crippen LogP contribution is -2.17. The molecule has 0 bridgehead atoms. The summed E-state index contributed by atoms with van der Waals surface area (Å²) in [5.41, 5.74) is 1.13. The van der Waals surface area contributed by atoms with Crippen LogP contribution in [0.1, 0.15) is 41.1 Å². The third-order valence-electron chi connectivity index (χ3n) is 3.84. The molecule has 0 saturated carbocycles. The van der Waals surface area contributed by atoms with Gasteiger partial charge in [0.15, 0.2) is 0 Å². The number of aromatic carboxylic acids is 1. The summed E-state index contributed by atoms with van der Waals surface area (Å²) < 4.78 is 0. The number of hydrogen-bond donors (Lipinski definition) is 2. The summed E-state index contributed by atoms with van der Waals surface area (Å²) in [4.78, 5) is 25.3. The summed E-state index contributed by atoms with van der Waals surface area (Å²) >= 11 is 0. The minimum Gasteiger partial charge on any atom is -0.477 e. The maximum Gasteiger partial charge on any atom is 0.341 e. The van der Waals surface area contributed by atoms with Crippen LogP contribution in [0.2, 0.25) is 0 Å². The molecule has 2 N–H and O–H groups in total. The fourth-order valence-corrected chi connectivity index (χ4v) is 2.73. The van der Waals surface area contributed by atoms with Crippen LogP contribution in [0.4, 0.5) is 0 Å². The third kappa shape index (κ3) is 2.25. The standard InChI is InChI=1S/C16H15NO3/c18-15-13(16(19)20)8-12-7-6-11(9-14(12)17-15)10-4-2-1-3-5-10/h1-2,6-10H,3-5H2,(H,17,18)(H,19,20). The fraction of sp³-hybridized carbons (Fsp3) is 0.250. The van der Waals surface area contributed by atoms with Crippen molar-refractivity contribution in [1.29, 1.82) is 0 Å². The molecule has 1 atom stereocenters. The first-order valence-corrected chi connectivity index (χ1v) is 6.70. The second-order valence-electron chi connectivity index (χ2n) is 5.15. The summed E-state index contributed by atoms with van der Waals surface area (Å²) in [7, 11) is 0. The smallest absolute Gasteiger partial charge is 0.341 e. The molecule has 1 aliphatic rings. The number of carboxylic acid groups (broad SMARTS) is 1. The monoisotopic (exact) mass is 269 g/mol. The first-order valence-electron chi connectivity index (χ1n) is 6.70. The second-order valence-corrected chi connectivity index (χ2v) is 5.15. The Morgan fingerprint density at radius 3 is 2.80 bits per heavy atom. The van der Waals surface area contributed by atoms with E-state index in [1.165, 1.54) is 11.6 Å². The van der Waals surface area contributed by atoms with Gasteiger partial charge in [-0.25, -0.2) is 4.79 Å². The minimum absolute atomic E-state index is 0.217. The van der Waals surface area contributed by atoms with Crippen molar-refractivity contribution < 1.29 is 9.90 Å². The van der Waals surface area contributed by atoms with Crippen molar-refractivity contribution >= 4 is 16.9 Å². The van der Waals surface area contributed by atoms with Crippen LogP contribution in [0.25, 0.3) is 10.9 Å². The molecular formula is C16H15NO3. The zero-order valence-electron chi connectivity index (χ0n) is 10.9. The van der Waals surface area contributed by atoms with Crippen molar-refractivity contribution in [3.63, 3.8) is 0 Å². The number of nitrogens with one attached hydrogen (secondary N) is 1. The number of aromatic nitrogens is 1. The normalized spacial score (nSPS) is 18.3. The lowest BCUT2D eigenvalue weighted by Gasteiger charge is -2.18. The van der Waals surface area contributed by atoms with Gasteiger partial charge in [0, 0.05) is 5.52 Å². The molecule has 0 fully saturated rings. The predicted octanol–water partition coefficient (Wildman–Crippen LogP) is 3.05. The molecule has 0 amide bonds. The zero-order chi connectivity index (χ0) is 14.1. The number of benzene rings is 1. The molecule has 0 spiro atoms. The lowest BCUT2D eigenvalue weighted by molar-refractivity contribution is 0.0695. The molecule has 1 unspecified atom stereocenters. The Hall–Kier alpha value is -2.36. The maximum atomic E-state index is 11.7. The Morgan fingerprint density at radius 1 is 1.25 bits per heavy atom. The Labute approximate surface area is 115 Å². The van der Waals surface area contributed by atoms with Gasteiger partial charge >= 0.3 is 5.97 Å². The molecule has 4 heteroatoms. The fourth-order valence-electron chi connectivity index (χ4n) is 2.73. The molecule has 1 aromatic heterocycles. The molecule has 0 saturated heterocycles. The van der Waals surface area contributed by atoms with Crippen LogP contribution in [0.15, 0.2) is 41.2 Å². The molecular weight excluding hydrogens is 254 g/mol. The number of fused-ring (bicyclic) bond motifs is 1. The van der Waals surface area contributed by atoms with Crippen molar-refractivity contribution in [3.05, 3.63) is 57.9 Å². The minimum atomic E-state index is -1.20. The van der Waals surface area contributed by atoms with Crippen molar-refractivity contribution in [1.82, 2.24) is 4.98 Å². The van der Waals surface area contributed by atoms with E-state index in [2.05, 4.69) is 17.1 Å². The first kappa shape index (κ1) is 12.7. The number of aromatic amines is 1. The number of pyridine rings is 1. The Morgan fingerprint density at radius 2 is 2.10 bits per heavy atom. The van der Waals surface area contributed by atoms with E-state index in [9.17, 15) is 9.59 Å². The number of H-pyrrole nitrogens is 1. The largest absolute Gasteiger partial charge is 0.477 e. The van der Waals surface area contributed by atoms with Gasteiger partial charge in [0.05, 0.1) is 0 Å². The van der Waals surface area contributed by atoms with Gasteiger partial charge < -0.3 is 10.1 Å². The molecule has 1 heterocycles. The zero-order valence-corrected chi connectivity index (χ0v) is 10.9. The highest BCUT2D eigenvalue weighted by Gasteiger charge is 2.14. The van der Waals surface area contributed by atoms with Crippen molar-refractivity contribution in [2.75, 3.05) is 0 Å². The maximum absolute atomic E-state index is 11.7. The summed E-state index contributed by atoms with van der Waals surface area (Å²) in [6.45, 7) is 0. The molecule has 2 aromatic rings. The summed E-state index contributed by atoms with van der Waals surface area (Å²) in [5.74, 6) is -0.721. The second kappa shape index (κ2) is 4.96. The van der Waals surface area contributed by atoms with Gasteiger partial charge in [-0.2, -0.15) is 0 Å². The lowest BCUT2D eigenvalue weighted by atomic mass is 9.87. The molecule has 20 heavy (non-hydrogen) atoms. The molecule has 1 aromatic carbocycles. The number of carboxylic acids is 1. The average Bonchev–Trinajstić information content (AvgIpc) is 2.46. The highest BCUT2D eigenvalue weighted by atomic mass is 16.4. The van der Waals surface area contributed by atoms with Gasteiger partial charge in [-0.1, -0.05) is 24.3 Å². The topological polar surface area (TPSA) is 70.2 Å². The average molecular weight is 269 g/mol. The van der Waals surface area contributed by atoms with Crippen LogP contribution in [0.5, 0.6) is 0 Å². The summed E-state index contributed by atoms with van der Waals surface area (Å²) in [6, 6.07) is 7.30. The Balaban J connectivity index is 2.07. The molecule has 4 nitrogen and oxygen atoms in total. The van der Waals surface area contributed by atoms with E-state index < -0.39 is 11.5 Å². The molecule has 102 valence electrons. The van der Waals surface area contributed by atoms with E-state index in [-0.39, 0.29) is 5.56 Å². The quantitative estimate of drug-likeness (QED) is 0.823. The van der Waals surface area contributed by atoms with Gasteiger partial charge in [0.25, 0.3) is 5.56 Å². The molecule has 3 rings (SSSR count). The van der Waals surface area contributed by atoms with Crippen molar-refractivity contribution in [2.45, 2.75) is 25.2 Å². The van der Waals surface area contributed by atoms with Crippen LogP contribution < -0.4 is 5.56 Å². The Kier molecular flexibility index (Phi) is 3.14. The number of hydrogen-bond acceptors (Lipinski definition) is 2. The van der Waals surface area contributed by atoms with Crippen LogP contribution in [0, 0.1) is 0 Å². The first-order chi connectivity index (χ1) is 9.65. The van der Waals surface area contributed by atoms with E-state index in [0.717, 1.165) is 24.6 Å². The van der Waals surface area contributed by atoms with Crippen LogP contribution in [-0.4, -0.2) is 16.1 Å². The van der Waals surface area contributed by atoms with E-state index in [1.54, 1.807) is 0 Å². The predicted molar refractivity (Wildman–Crippen MR) is 77.3 cm³/mol. The van der Waals surface area contributed by atoms with Gasteiger partial charge in [-0.3, -0.25) is 4.79 Å². The van der Waals surface area contributed by atoms with E-state index in [1.807, 2.05) is 18.2 Å². The molecule has 1 aliphatic carbocycles. The number of allylic oxidation sites excluding steroid dienone is 2. The van der Waals surface area contributed by atoms with Crippen molar-refractivity contribution in [3.8, 4) is 0 Å². The number of rotatable bonds is 2. The van der Waals surface area contributed by atoms with Gasteiger partial charge in [0.1, 0.15) is 5.56 Å². The van der Waals surface area contributed by atoms with Crippen LogP contribution in [0.3, 0.4) is 0 Å². The van der Waals surface area contributed by atoms with E-state index in [0.29, 0.717) is 11.4 Å². The highest BCUT2D eigenvalue weighted by molar-refractivity contribution is 5.92. The third-order valence-corrected chi connectivity index (χ3v) is 3.84. The van der Waals surface area contributed by atoms with Gasteiger partial charge in [0.2, 0.25) is 0 Å². The van der Waals surface area contributed by atoms with Gasteiger partial charge in [-0.05, 0) is 48.3 Å². The summed E-state index contributed by atoms with van der Waals surface area (Å²) in [5, 5.41) is 9.70. The molecule has 0 radical (unpaired) electrons. The summed E-state index contributed by atoms with van der Waals surface area (Å²) in [6.07, 6.45) is 7.59.